The zero-order valence-corrected chi connectivity index (χ0v) is 22.1. The summed E-state index contributed by atoms with van der Waals surface area (Å²) < 4.78 is 0. The minimum atomic E-state index is -0.247. The number of hydrogen-bond donors (Lipinski definition) is 3. The first-order chi connectivity index (χ1) is 18.3. The maximum absolute atomic E-state index is 13.1. The summed E-state index contributed by atoms with van der Waals surface area (Å²) in [4.78, 5) is 32.1. The van der Waals surface area contributed by atoms with Crippen LogP contribution in [0.15, 0.2) is 66.7 Å². The van der Waals surface area contributed by atoms with Crippen LogP contribution >= 0.6 is 11.6 Å². The Bertz CT molecular complexity index is 1380. The summed E-state index contributed by atoms with van der Waals surface area (Å²) in [6.07, 6.45) is 0. The smallest absolute Gasteiger partial charge is 0.258 e. The molecule has 0 unspecified atom stereocenters. The van der Waals surface area contributed by atoms with Gasteiger partial charge in [0.15, 0.2) is 0 Å². The molecule has 2 aliphatic heterocycles. The van der Waals surface area contributed by atoms with E-state index in [4.69, 9.17) is 11.6 Å². The molecule has 0 saturated carbocycles. The number of nitrogens with zero attached hydrogens (tertiary/aromatic N) is 3. The number of amides is 2. The van der Waals surface area contributed by atoms with Crippen LogP contribution in [0.4, 0.5) is 17.1 Å². The lowest BCUT2D eigenvalue weighted by molar-refractivity contribution is -0.119. The minimum Gasteiger partial charge on any atom is -0.508 e. The number of likely N-dealkylation sites (N-methyl/N-ethyl adjacent to an activating group) is 2. The summed E-state index contributed by atoms with van der Waals surface area (Å²) in [7, 11) is 3.88. The highest BCUT2D eigenvalue weighted by molar-refractivity contribution is 6.38. The SMILES string of the molecule is CN1CCN(CC(=O)N(C)c2ccc(N/C(=C3\C(=O)Nc4cc(Cl)ccc43)c3ccc(O)cc3)cc2)CC1. The van der Waals surface area contributed by atoms with Crippen molar-refractivity contribution in [2.24, 2.45) is 0 Å². The molecule has 1 saturated heterocycles. The van der Waals surface area contributed by atoms with Gasteiger partial charge in [-0.1, -0.05) is 17.7 Å². The fraction of sp³-hybridized carbons (Fsp3) is 0.241. The molecule has 1 fully saturated rings. The third-order valence-corrected chi connectivity index (χ3v) is 7.22. The van der Waals surface area contributed by atoms with Crippen LogP contribution in [0.1, 0.15) is 11.1 Å². The van der Waals surface area contributed by atoms with Gasteiger partial charge in [-0.2, -0.15) is 0 Å². The van der Waals surface area contributed by atoms with Gasteiger partial charge in [-0.15, -0.1) is 0 Å². The fourth-order valence-corrected chi connectivity index (χ4v) is 4.83. The van der Waals surface area contributed by atoms with Crippen LogP contribution in [-0.2, 0) is 9.59 Å². The molecular formula is C29H30ClN5O3. The van der Waals surface area contributed by atoms with Gasteiger partial charge in [0, 0.05) is 55.2 Å². The quantitative estimate of drug-likeness (QED) is 0.413. The molecule has 0 bridgehead atoms. The molecule has 196 valence electrons. The maximum atomic E-state index is 13.1. The van der Waals surface area contributed by atoms with E-state index in [0.29, 0.717) is 28.5 Å². The normalized spacial score (nSPS) is 17.1. The number of halogens is 1. The molecule has 2 heterocycles. The Labute approximate surface area is 227 Å². The number of rotatable bonds is 6. The van der Waals surface area contributed by atoms with Crippen LogP contribution in [0.5, 0.6) is 5.75 Å². The van der Waals surface area contributed by atoms with Crippen LogP contribution in [0, 0.1) is 0 Å². The Balaban J connectivity index is 1.39. The van der Waals surface area contributed by atoms with E-state index < -0.39 is 0 Å². The Hall–Kier alpha value is -3.85. The van der Waals surface area contributed by atoms with Crippen LogP contribution < -0.4 is 15.5 Å². The number of nitrogens with one attached hydrogen (secondary N) is 2. The first-order valence-corrected chi connectivity index (χ1v) is 12.9. The fourth-order valence-electron chi connectivity index (χ4n) is 4.66. The number of fused-ring (bicyclic) bond motifs is 1. The van der Waals surface area contributed by atoms with Gasteiger partial charge in [0.25, 0.3) is 5.91 Å². The molecule has 0 spiro atoms. The lowest BCUT2D eigenvalue weighted by Crippen LogP contribution is -2.48. The molecule has 3 aromatic rings. The largest absolute Gasteiger partial charge is 0.508 e. The first kappa shape index (κ1) is 25.8. The molecular weight excluding hydrogens is 502 g/mol. The van der Waals surface area contributed by atoms with E-state index in [1.807, 2.05) is 30.3 Å². The predicted octanol–water partition coefficient (Wildman–Crippen LogP) is 4.19. The lowest BCUT2D eigenvalue weighted by Gasteiger charge is -2.32. The van der Waals surface area contributed by atoms with Crippen LogP contribution in [-0.4, -0.2) is 73.5 Å². The summed E-state index contributed by atoms with van der Waals surface area (Å²) in [6, 6.07) is 19.5. The number of carbonyl (C=O) groups excluding carboxylic acids is 2. The number of carbonyl (C=O) groups is 2. The third kappa shape index (κ3) is 5.52. The molecule has 2 amide bonds. The Morgan fingerprint density at radius 1 is 1.03 bits per heavy atom. The number of hydrogen-bond acceptors (Lipinski definition) is 6. The number of anilines is 3. The molecule has 3 aromatic carbocycles. The molecule has 5 rings (SSSR count). The average Bonchev–Trinajstić information content (AvgIpc) is 3.23. The van der Waals surface area contributed by atoms with Gasteiger partial charge in [0.1, 0.15) is 5.75 Å². The average molecular weight is 532 g/mol. The second-order valence-electron chi connectivity index (χ2n) is 9.64. The topological polar surface area (TPSA) is 88.2 Å². The van der Waals surface area contributed by atoms with Gasteiger partial charge in [-0.3, -0.25) is 14.5 Å². The van der Waals surface area contributed by atoms with Crippen molar-refractivity contribution in [1.29, 1.82) is 0 Å². The molecule has 38 heavy (non-hydrogen) atoms. The Morgan fingerprint density at radius 2 is 1.71 bits per heavy atom. The van der Waals surface area contributed by atoms with E-state index in [1.54, 1.807) is 48.3 Å². The summed E-state index contributed by atoms with van der Waals surface area (Å²) in [5.41, 5.74) is 4.72. The highest BCUT2D eigenvalue weighted by Crippen LogP contribution is 2.39. The van der Waals surface area contributed by atoms with Crippen LogP contribution in [0.2, 0.25) is 5.02 Å². The van der Waals surface area contributed by atoms with E-state index in [9.17, 15) is 14.7 Å². The standard InChI is InChI=1S/C29H30ClN5O3/c1-33-13-15-35(16-14-33)18-26(37)34(2)22-8-6-21(7-9-22)31-28(19-3-10-23(36)11-4-19)27-24-12-5-20(30)17-25(24)32-29(27)38/h3-12,17,31,36H,13-16,18H2,1-2H3,(H,32,38)/b28-27-. The number of phenolic OH excluding ortho intramolecular Hbond substituents is 1. The van der Waals surface area contributed by atoms with E-state index in [2.05, 4.69) is 27.5 Å². The minimum absolute atomic E-state index is 0.0417. The highest BCUT2D eigenvalue weighted by atomic mass is 35.5. The molecule has 0 aliphatic carbocycles. The summed E-state index contributed by atoms with van der Waals surface area (Å²) >= 11 is 6.14. The molecule has 2 aliphatic rings. The van der Waals surface area contributed by atoms with Crippen LogP contribution in [0.3, 0.4) is 0 Å². The Morgan fingerprint density at radius 3 is 2.39 bits per heavy atom. The van der Waals surface area contributed by atoms with Gasteiger partial charge in [-0.05, 0) is 73.3 Å². The van der Waals surface area contributed by atoms with Crippen LogP contribution in [0.25, 0.3) is 11.3 Å². The van der Waals surface area contributed by atoms with Crippen molar-refractivity contribution in [3.8, 4) is 5.75 Å². The monoisotopic (exact) mass is 531 g/mol. The molecule has 0 atom stereocenters. The third-order valence-electron chi connectivity index (χ3n) is 6.99. The zero-order chi connectivity index (χ0) is 26.8. The van der Waals surface area contributed by atoms with Crippen molar-refractivity contribution >= 4 is 51.7 Å². The summed E-state index contributed by atoms with van der Waals surface area (Å²) in [5, 5.41) is 16.6. The van der Waals surface area contributed by atoms with Crippen molar-refractivity contribution in [2.75, 3.05) is 62.4 Å². The second-order valence-corrected chi connectivity index (χ2v) is 10.1. The number of benzene rings is 3. The molecule has 0 radical (unpaired) electrons. The lowest BCUT2D eigenvalue weighted by atomic mass is 10.00. The van der Waals surface area contributed by atoms with Crippen molar-refractivity contribution < 1.29 is 14.7 Å². The summed E-state index contributed by atoms with van der Waals surface area (Å²) in [6.45, 7) is 4.09. The van der Waals surface area contributed by atoms with Gasteiger partial charge < -0.3 is 25.5 Å². The predicted molar refractivity (Wildman–Crippen MR) is 152 cm³/mol. The van der Waals surface area contributed by atoms with Gasteiger partial charge >= 0.3 is 0 Å². The van der Waals surface area contributed by atoms with E-state index in [0.717, 1.165) is 48.7 Å². The zero-order valence-electron chi connectivity index (χ0n) is 21.4. The van der Waals surface area contributed by atoms with Gasteiger partial charge in [0.05, 0.1) is 23.5 Å². The van der Waals surface area contributed by atoms with E-state index >= 15 is 0 Å². The van der Waals surface area contributed by atoms with Crippen molar-refractivity contribution in [3.63, 3.8) is 0 Å². The number of piperazine rings is 1. The second kappa shape index (κ2) is 10.9. The first-order valence-electron chi connectivity index (χ1n) is 12.5. The number of aromatic hydroxyl groups is 1. The van der Waals surface area contributed by atoms with Crippen molar-refractivity contribution in [1.82, 2.24) is 9.80 Å². The highest BCUT2D eigenvalue weighted by Gasteiger charge is 2.29. The molecule has 8 nitrogen and oxygen atoms in total. The molecule has 0 aromatic heterocycles. The van der Waals surface area contributed by atoms with Crippen molar-refractivity contribution in [2.45, 2.75) is 0 Å². The number of phenols is 1. The summed E-state index contributed by atoms with van der Waals surface area (Å²) in [5.74, 6) is -0.0708. The van der Waals surface area contributed by atoms with Crippen molar-refractivity contribution in [3.05, 3.63) is 82.9 Å². The van der Waals surface area contributed by atoms with Gasteiger partial charge in [0.2, 0.25) is 5.91 Å². The van der Waals surface area contributed by atoms with E-state index in [-0.39, 0.29) is 17.6 Å². The molecule has 9 heteroatoms. The van der Waals surface area contributed by atoms with E-state index in [1.165, 1.54) is 0 Å². The maximum Gasteiger partial charge on any atom is 0.258 e. The Kier molecular flexibility index (Phi) is 7.37. The van der Waals surface area contributed by atoms with Gasteiger partial charge in [-0.25, -0.2) is 0 Å². The molecule has 3 N–H and O–H groups in total.